The van der Waals surface area contributed by atoms with Crippen molar-refractivity contribution in [3.63, 3.8) is 0 Å². The van der Waals surface area contributed by atoms with Crippen LogP contribution in [0.5, 0.6) is 0 Å². The average Bonchev–Trinajstić information content (AvgIpc) is 2.60. The second-order valence-electron chi connectivity index (χ2n) is 4.56. The molecular formula is C16H24Cl2FN3O2. The van der Waals surface area contributed by atoms with Crippen molar-refractivity contribution in [2.24, 2.45) is 5.73 Å². The summed E-state index contributed by atoms with van der Waals surface area (Å²) in [7, 11) is 1.81. The molecule has 8 heteroatoms. The van der Waals surface area contributed by atoms with E-state index < -0.39 is 29.6 Å². The predicted molar refractivity (Wildman–Crippen MR) is 97.9 cm³/mol. The van der Waals surface area contributed by atoms with E-state index in [9.17, 15) is 14.3 Å². The summed E-state index contributed by atoms with van der Waals surface area (Å²) in [4.78, 5) is 11.8. The van der Waals surface area contributed by atoms with Gasteiger partial charge >= 0.3 is 0 Å². The molecule has 0 saturated carbocycles. The topological polar surface area (TPSA) is 78.6 Å². The van der Waals surface area contributed by atoms with Gasteiger partial charge in [0.15, 0.2) is 4.84 Å². The van der Waals surface area contributed by atoms with E-state index in [1.54, 1.807) is 42.4 Å². The lowest BCUT2D eigenvalue weighted by Crippen LogP contribution is -2.43. The molecule has 0 bridgehead atoms. The van der Waals surface area contributed by atoms with Crippen LogP contribution < -0.4 is 16.0 Å². The number of carbonyl (C=O) groups excluding carboxylic acids is 1. The Balaban J connectivity index is 0.00000254. The van der Waals surface area contributed by atoms with Crippen LogP contribution in [0.4, 0.5) is 10.1 Å². The molecule has 0 aliphatic rings. The Labute approximate surface area is 152 Å². The molecule has 1 rings (SSSR count). The van der Waals surface area contributed by atoms with Gasteiger partial charge in [-0.25, -0.2) is 4.39 Å². The molecule has 0 aliphatic carbocycles. The van der Waals surface area contributed by atoms with E-state index >= 15 is 0 Å². The van der Waals surface area contributed by atoms with Crippen LogP contribution in [-0.2, 0) is 4.79 Å². The highest BCUT2D eigenvalue weighted by atomic mass is 35.5. The standard InChI is InChI=1S/C14H18Cl2FN3O2.C2H6/c1-20(7-6-18)10-4-2-9(3-5-10)12(21)11(8-17)19-14(22)13(15)16;1-2/h2-7,11-13,21H,8,18H2,1H3,(H,19,22);1-2H3/b7-6-;. The van der Waals surface area contributed by atoms with E-state index in [-0.39, 0.29) is 0 Å². The maximum atomic E-state index is 13.0. The summed E-state index contributed by atoms with van der Waals surface area (Å²) in [6, 6.07) is 5.62. The molecule has 2 atom stereocenters. The van der Waals surface area contributed by atoms with Gasteiger partial charge in [0.1, 0.15) is 12.8 Å². The molecule has 1 aromatic carbocycles. The highest BCUT2D eigenvalue weighted by Crippen LogP contribution is 2.22. The summed E-state index contributed by atoms with van der Waals surface area (Å²) in [6.07, 6.45) is 1.84. The maximum absolute atomic E-state index is 13.0. The monoisotopic (exact) mass is 379 g/mol. The van der Waals surface area contributed by atoms with Gasteiger partial charge in [0.2, 0.25) is 0 Å². The number of anilines is 1. The van der Waals surface area contributed by atoms with Gasteiger partial charge in [0.05, 0.1) is 6.04 Å². The number of nitrogens with two attached hydrogens (primary N) is 1. The zero-order chi connectivity index (χ0) is 18.7. The Hall–Kier alpha value is -1.50. The quantitative estimate of drug-likeness (QED) is 0.636. The molecule has 0 aliphatic heterocycles. The predicted octanol–water partition coefficient (Wildman–Crippen LogP) is 2.87. The molecule has 0 saturated heterocycles. The van der Waals surface area contributed by atoms with E-state index in [0.717, 1.165) is 5.69 Å². The van der Waals surface area contributed by atoms with E-state index in [1.165, 1.54) is 6.20 Å². The Morgan fingerprint density at radius 3 is 2.33 bits per heavy atom. The molecule has 136 valence electrons. The fraction of sp³-hybridized carbons (Fsp3) is 0.438. The van der Waals surface area contributed by atoms with Crippen molar-refractivity contribution in [1.29, 1.82) is 0 Å². The highest BCUT2D eigenvalue weighted by molar-refractivity contribution is 6.53. The zero-order valence-electron chi connectivity index (χ0n) is 13.9. The van der Waals surface area contributed by atoms with Crippen LogP contribution in [0.2, 0.25) is 0 Å². The largest absolute Gasteiger partial charge is 0.403 e. The third-order valence-corrected chi connectivity index (χ3v) is 3.42. The molecule has 1 amide bonds. The number of aliphatic hydroxyl groups is 1. The molecule has 4 N–H and O–H groups in total. The van der Waals surface area contributed by atoms with Gasteiger partial charge in [0.25, 0.3) is 5.91 Å². The molecule has 2 unspecified atom stereocenters. The Morgan fingerprint density at radius 1 is 1.38 bits per heavy atom. The number of nitrogens with zero attached hydrogens (tertiary/aromatic N) is 1. The Bertz CT molecular complexity index is 513. The number of rotatable bonds is 7. The first-order valence-corrected chi connectivity index (χ1v) is 8.31. The average molecular weight is 380 g/mol. The molecule has 0 radical (unpaired) electrons. The number of aliphatic hydroxyl groups excluding tert-OH is 1. The Kier molecular flexibility index (Phi) is 11.2. The van der Waals surface area contributed by atoms with E-state index in [4.69, 9.17) is 28.9 Å². The van der Waals surface area contributed by atoms with Crippen LogP contribution in [0.15, 0.2) is 36.7 Å². The first-order valence-electron chi connectivity index (χ1n) is 7.44. The van der Waals surface area contributed by atoms with Gasteiger partial charge in [-0.05, 0) is 17.7 Å². The summed E-state index contributed by atoms with van der Waals surface area (Å²) >= 11 is 10.8. The number of carbonyl (C=O) groups is 1. The zero-order valence-corrected chi connectivity index (χ0v) is 15.4. The molecule has 24 heavy (non-hydrogen) atoms. The lowest BCUT2D eigenvalue weighted by molar-refractivity contribution is -0.121. The molecule has 5 nitrogen and oxygen atoms in total. The fourth-order valence-electron chi connectivity index (χ4n) is 1.80. The Morgan fingerprint density at radius 2 is 1.92 bits per heavy atom. The van der Waals surface area contributed by atoms with Crippen molar-refractivity contribution in [2.75, 3.05) is 18.6 Å². The van der Waals surface area contributed by atoms with Gasteiger partial charge in [-0.1, -0.05) is 49.2 Å². The summed E-state index contributed by atoms with van der Waals surface area (Å²) in [5.74, 6) is -0.755. The summed E-state index contributed by atoms with van der Waals surface area (Å²) in [5.41, 5.74) is 6.60. The van der Waals surface area contributed by atoms with E-state index in [0.29, 0.717) is 5.56 Å². The van der Waals surface area contributed by atoms with Crippen LogP contribution >= 0.6 is 23.2 Å². The summed E-state index contributed by atoms with van der Waals surface area (Å²) in [6.45, 7) is 3.05. The van der Waals surface area contributed by atoms with Crippen LogP contribution in [0, 0.1) is 0 Å². The number of alkyl halides is 3. The maximum Gasteiger partial charge on any atom is 0.253 e. The first-order chi connectivity index (χ1) is 11.4. The normalized spacial score (nSPS) is 13.2. The molecule has 0 aromatic heterocycles. The second-order valence-corrected chi connectivity index (χ2v) is 5.66. The molecular weight excluding hydrogens is 356 g/mol. The second kappa shape index (κ2) is 11.9. The van der Waals surface area contributed by atoms with Crippen LogP contribution in [0.25, 0.3) is 0 Å². The smallest absolute Gasteiger partial charge is 0.253 e. The van der Waals surface area contributed by atoms with Gasteiger partial charge in [-0.3, -0.25) is 4.79 Å². The minimum Gasteiger partial charge on any atom is -0.403 e. The molecule has 0 heterocycles. The first kappa shape index (κ1) is 22.5. The highest BCUT2D eigenvalue weighted by Gasteiger charge is 2.25. The number of benzene rings is 1. The minimum atomic E-state index is -1.32. The van der Waals surface area contributed by atoms with Crippen LogP contribution in [0.3, 0.4) is 0 Å². The number of amides is 1. The van der Waals surface area contributed by atoms with Crippen molar-refractivity contribution in [1.82, 2.24) is 5.32 Å². The third-order valence-electron chi connectivity index (χ3n) is 3.02. The van der Waals surface area contributed by atoms with Gasteiger partial charge < -0.3 is 21.1 Å². The van der Waals surface area contributed by atoms with Crippen molar-refractivity contribution in [3.05, 3.63) is 42.2 Å². The number of halogens is 3. The number of hydrogen-bond acceptors (Lipinski definition) is 4. The fourth-order valence-corrected chi connectivity index (χ4v) is 1.93. The van der Waals surface area contributed by atoms with Gasteiger partial charge in [0, 0.05) is 25.1 Å². The van der Waals surface area contributed by atoms with E-state index in [2.05, 4.69) is 5.32 Å². The third kappa shape index (κ3) is 6.95. The summed E-state index contributed by atoms with van der Waals surface area (Å²) in [5, 5.41) is 12.4. The van der Waals surface area contributed by atoms with Crippen LogP contribution in [-0.4, -0.2) is 35.6 Å². The summed E-state index contributed by atoms with van der Waals surface area (Å²) < 4.78 is 13.0. The molecule has 1 aromatic rings. The van der Waals surface area contributed by atoms with Gasteiger partial charge in [-0.15, -0.1) is 0 Å². The minimum absolute atomic E-state index is 0.456. The number of nitrogens with one attached hydrogen (secondary N) is 1. The number of hydrogen-bond donors (Lipinski definition) is 3. The van der Waals surface area contributed by atoms with E-state index in [1.807, 2.05) is 13.8 Å². The lowest BCUT2D eigenvalue weighted by Gasteiger charge is -2.23. The van der Waals surface area contributed by atoms with Crippen molar-refractivity contribution >= 4 is 34.8 Å². The van der Waals surface area contributed by atoms with Crippen molar-refractivity contribution < 1.29 is 14.3 Å². The lowest BCUT2D eigenvalue weighted by atomic mass is 10.0. The molecule has 0 fully saturated rings. The SMILES string of the molecule is CC.CN(/C=C\N)c1ccc(C(O)C(CF)NC(=O)C(Cl)Cl)cc1. The van der Waals surface area contributed by atoms with Crippen molar-refractivity contribution in [2.45, 2.75) is 30.8 Å². The molecule has 0 spiro atoms. The van der Waals surface area contributed by atoms with Crippen molar-refractivity contribution in [3.8, 4) is 0 Å². The van der Waals surface area contributed by atoms with Gasteiger partial charge in [-0.2, -0.15) is 0 Å². The van der Waals surface area contributed by atoms with Crippen LogP contribution in [0.1, 0.15) is 25.5 Å².